The number of carbonyl (C=O) groups excluding carboxylic acids is 2. The Morgan fingerprint density at radius 3 is 2.64 bits per heavy atom. The number of hydrogen-bond acceptors (Lipinski definition) is 5. The summed E-state index contributed by atoms with van der Waals surface area (Å²) < 4.78 is -0.437. The number of carbonyl (C=O) groups is 2. The summed E-state index contributed by atoms with van der Waals surface area (Å²) in [4.78, 5) is 31.3. The van der Waals surface area contributed by atoms with E-state index in [1.807, 2.05) is 39.0 Å². The molecule has 1 unspecified atom stereocenters. The molecule has 0 aromatic heterocycles. The van der Waals surface area contributed by atoms with E-state index in [9.17, 15) is 9.59 Å². The molecule has 190 valence electrons. The van der Waals surface area contributed by atoms with Crippen LogP contribution in [0.3, 0.4) is 0 Å². The Kier molecular flexibility index (Phi) is 8.12. The number of hydrogen-bond donors (Lipinski definition) is 0. The fourth-order valence-corrected chi connectivity index (χ4v) is 6.12. The minimum atomic E-state index is -0.622. The second kappa shape index (κ2) is 11.0. The van der Waals surface area contributed by atoms with Crippen molar-refractivity contribution in [2.45, 2.75) is 57.1 Å². The zero-order valence-corrected chi connectivity index (χ0v) is 23.3. The van der Waals surface area contributed by atoms with E-state index in [0.29, 0.717) is 16.6 Å². The summed E-state index contributed by atoms with van der Waals surface area (Å²) in [6.45, 7) is 9.36. The maximum atomic E-state index is 12.5. The number of aliphatic imine (C=N–C) groups is 1. The van der Waals surface area contributed by atoms with Crippen LogP contribution < -0.4 is 4.90 Å². The molecule has 1 amide bonds. The number of aldehydes is 1. The average Bonchev–Trinajstić information content (AvgIpc) is 2.87. The van der Waals surface area contributed by atoms with Crippen LogP contribution in [0.1, 0.15) is 57.2 Å². The van der Waals surface area contributed by atoms with E-state index in [2.05, 4.69) is 17.0 Å². The Hall–Kier alpha value is -2.35. The third kappa shape index (κ3) is 5.20. The van der Waals surface area contributed by atoms with Gasteiger partial charge in [-0.3, -0.25) is 14.6 Å². The zero-order valence-electron chi connectivity index (χ0n) is 20.9. The Labute approximate surface area is 226 Å². The fraction of sp³-hybridized carbons (Fsp3) is 0.407. The van der Waals surface area contributed by atoms with Gasteiger partial charge in [0.15, 0.2) is 11.7 Å². The van der Waals surface area contributed by atoms with E-state index in [1.165, 1.54) is 22.3 Å². The van der Waals surface area contributed by atoms with Gasteiger partial charge in [0, 0.05) is 30.8 Å². The maximum absolute atomic E-state index is 12.5. The number of amidine groups is 1. The zero-order chi connectivity index (χ0) is 26.0. The van der Waals surface area contributed by atoms with Crippen LogP contribution in [-0.2, 0) is 16.0 Å². The SMILES string of the molecule is CCN=C(c1ccc(Cl)c(Cl)c1)N1CCCc2cc(C3=NN(C(=O)CC)C(C=O)SC3(C)C)ccc21. The molecule has 2 aromatic rings. The summed E-state index contributed by atoms with van der Waals surface area (Å²) in [6.07, 6.45) is 2.98. The summed E-state index contributed by atoms with van der Waals surface area (Å²) in [5.74, 6) is 0.697. The van der Waals surface area contributed by atoms with Gasteiger partial charge in [0.05, 0.1) is 20.5 Å². The summed E-state index contributed by atoms with van der Waals surface area (Å²) in [7, 11) is 0. The first-order chi connectivity index (χ1) is 17.2. The Morgan fingerprint density at radius 2 is 1.97 bits per heavy atom. The van der Waals surface area contributed by atoms with Crippen LogP contribution in [0.25, 0.3) is 0 Å². The highest BCUT2D eigenvalue weighted by Gasteiger charge is 2.40. The molecule has 0 saturated heterocycles. The molecule has 0 aliphatic carbocycles. The third-order valence-corrected chi connectivity index (χ3v) is 8.40. The number of rotatable bonds is 5. The lowest BCUT2D eigenvalue weighted by Gasteiger charge is -2.39. The van der Waals surface area contributed by atoms with Crippen LogP contribution >= 0.6 is 35.0 Å². The van der Waals surface area contributed by atoms with Crippen molar-refractivity contribution in [2.24, 2.45) is 10.1 Å². The van der Waals surface area contributed by atoms with Crippen LogP contribution in [0.15, 0.2) is 46.5 Å². The highest BCUT2D eigenvalue weighted by atomic mass is 35.5. The molecule has 4 rings (SSSR count). The summed E-state index contributed by atoms with van der Waals surface area (Å²) in [6, 6.07) is 11.9. The van der Waals surface area contributed by atoms with Crippen molar-refractivity contribution in [3.05, 3.63) is 63.1 Å². The van der Waals surface area contributed by atoms with Crippen molar-refractivity contribution < 1.29 is 9.59 Å². The minimum absolute atomic E-state index is 0.168. The molecular weight excluding hydrogens is 515 g/mol. The normalized spacial score (nSPS) is 19.6. The van der Waals surface area contributed by atoms with Crippen LogP contribution in [-0.4, -0.2) is 52.0 Å². The Morgan fingerprint density at radius 1 is 1.19 bits per heavy atom. The summed E-state index contributed by atoms with van der Waals surface area (Å²) in [5.41, 5.74) is 4.95. The lowest BCUT2D eigenvalue weighted by Crippen LogP contribution is -2.47. The van der Waals surface area contributed by atoms with Gasteiger partial charge in [0.2, 0.25) is 5.91 Å². The van der Waals surface area contributed by atoms with Crippen LogP contribution in [0, 0.1) is 0 Å². The van der Waals surface area contributed by atoms with Gasteiger partial charge in [-0.05, 0) is 75.1 Å². The Balaban J connectivity index is 1.75. The smallest absolute Gasteiger partial charge is 0.243 e. The predicted octanol–water partition coefficient (Wildman–Crippen LogP) is 6.21. The first-order valence-corrected chi connectivity index (χ1v) is 13.8. The molecule has 9 heteroatoms. The van der Waals surface area contributed by atoms with E-state index < -0.39 is 10.1 Å². The molecule has 0 fully saturated rings. The number of amides is 1. The standard InChI is InChI=1S/C27H30Cl2N4O2S/c1-5-23(35)33-24(16-34)36-27(3,4)25(31-33)18-10-12-22-17(14-18)8-7-13-32(22)26(30-6-2)19-9-11-20(28)21(29)15-19/h9-12,14-16,24H,5-8,13H2,1-4H3. The van der Waals surface area contributed by atoms with Crippen LogP contribution in [0.4, 0.5) is 5.69 Å². The average molecular weight is 546 g/mol. The molecule has 0 bridgehead atoms. The monoisotopic (exact) mass is 544 g/mol. The molecule has 2 aromatic carbocycles. The van der Waals surface area contributed by atoms with Gasteiger partial charge in [-0.2, -0.15) is 5.10 Å². The van der Waals surface area contributed by atoms with E-state index in [0.717, 1.165) is 54.0 Å². The van der Waals surface area contributed by atoms with E-state index in [4.69, 9.17) is 33.3 Å². The molecule has 0 N–H and O–H groups in total. The number of halogens is 2. The van der Waals surface area contributed by atoms with Crippen molar-refractivity contribution in [2.75, 3.05) is 18.0 Å². The van der Waals surface area contributed by atoms with E-state index >= 15 is 0 Å². The summed E-state index contributed by atoms with van der Waals surface area (Å²) >= 11 is 13.9. The van der Waals surface area contributed by atoms with E-state index in [1.54, 1.807) is 13.0 Å². The minimum Gasteiger partial charge on any atom is -0.326 e. The molecule has 2 aliphatic rings. The van der Waals surface area contributed by atoms with Crippen LogP contribution in [0.5, 0.6) is 0 Å². The number of fused-ring (bicyclic) bond motifs is 1. The lowest BCUT2D eigenvalue weighted by molar-refractivity contribution is -0.133. The molecule has 36 heavy (non-hydrogen) atoms. The van der Waals surface area contributed by atoms with Gasteiger partial charge >= 0.3 is 0 Å². The quantitative estimate of drug-likeness (QED) is 0.255. The molecule has 2 aliphatic heterocycles. The second-order valence-corrected chi connectivity index (χ2v) is 11.8. The van der Waals surface area contributed by atoms with Crippen molar-refractivity contribution in [3.63, 3.8) is 0 Å². The lowest BCUT2D eigenvalue weighted by atomic mass is 9.93. The van der Waals surface area contributed by atoms with Gasteiger partial charge in [-0.15, -0.1) is 11.8 Å². The van der Waals surface area contributed by atoms with Crippen molar-refractivity contribution in [1.82, 2.24) is 5.01 Å². The molecule has 6 nitrogen and oxygen atoms in total. The Bertz CT molecular complexity index is 1240. The van der Waals surface area contributed by atoms with Gasteiger partial charge in [0.25, 0.3) is 0 Å². The molecule has 0 saturated carbocycles. The highest BCUT2D eigenvalue weighted by molar-refractivity contribution is 8.02. The summed E-state index contributed by atoms with van der Waals surface area (Å²) in [5, 5.41) is 6.44. The van der Waals surface area contributed by atoms with E-state index in [-0.39, 0.29) is 12.3 Å². The number of hydrazone groups is 1. The molecule has 2 heterocycles. The largest absolute Gasteiger partial charge is 0.326 e. The number of benzene rings is 2. The first kappa shape index (κ1) is 26.7. The molecular formula is C27H30Cl2N4O2S. The van der Waals surface area contributed by atoms with Gasteiger partial charge in [-0.1, -0.05) is 36.2 Å². The van der Waals surface area contributed by atoms with Gasteiger partial charge < -0.3 is 4.90 Å². The van der Waals surface area contributed by atoms with Crippen LogP contribution in [0.2, 0.25) is 10.0 Å². The number of thioether (sulfide) groups is 1. The number of aryl methyl sites for hydroxylation is 1. The van der Waals surface area contributed by atoms with Crippen molar-refractivity contribution in [1.29, 1.82) is 0 Å². The number of anilines is 1. The number of nitrogens with zero attached hydrogens (tertiary/aromatic N) is 4. The molecule has 1 atom stereocenters. The molecule has 0 spiro atoms. The third-order valence-electron chi connectivity index (χ3n) is 6.32. The second-order valence-electron chi connectivity index (χ2n) is 9.22. The fourth-order valence-electron chi connectivity index (χ4n) is 4.62. The first-order valence-electron chi connectivity index (χ1n) is 12.1. The highest BCUT2D eigenvalue weighted by Crippen LogP contribution is 2.40. The topological polar surface area (TPSA) is 65.3 Å². The molecule has 0 radical (unpaired) electrons. The predicted molar refractivity (Wildman–Crippen MR) is 151 cm³/mol. The van der Waals surface area contributed by atoms with Crippen molar-refractivity contribution >= 4 is 64.4 Å². The van der Waals surface area contributed by atoms with Gasteiger partial charge in [-0.25, -0.2) is 5.01 Å². The van der Waals surface area contributed by atoms with Gasteiger partial charge in [0.1, 0.15) is 5.84 Å². The van der Waals surface area contributed by atoms with Crippen molar-refractivity contribution in [3.8, 4) is 0 Å². The maximum Gasteiger partial charge on any atom is 0.243 e.